The van der Waals surface area contributed by atoms with Gasteiger partial charge in [-0.1, -0.05) is 36.0 Å². The fourth-order valence-electron chi connectivity index (χ4n) is 3.02. The number of hydrogen-bond acceptors (Lipinski definition) is 5. The Hall–Kier alpha value is -3.26. The van der Waals surface area contributed by atoms with E-state index in [-0.39, 0.29) is 18.4 Å². The summed E-state index contributed by atoms with van der Waals surface area (Å²) in [5.74, 6) is 0.108. The fraction of sp³-hybridized carbons (Fsp3) is 0.227. The van der Waals surface area contributed by atoms with Crippen molar-refractivity contribution in [2.75, 3.05) is 31.8 Å². The van der Waals surface area contributed by atoms with E-state index in [0.29, 0.717) is 28.8 Å². The lowest BCUT2D eigenvalue weighted by atomic mass is 10.3. The molecule has 0 atom stereocenters. The Balaban J connectivity index is 1.79. The first-order valence-corrected chi connectivity index (χ1v) is 10.7. The van der Waals surface area contributed by atoms with Gasteiger partial charge in [-0.05, 0) is 37.4 Å². The SMILES string of the molecule is CCN(CC(=O)Nc1cccc(OC)c1)C(=O)c1cnc(SC)n1-c1ccccc1. The van der Waals surface area contributed by atoms with Gasteiger partial charge in [0.05, 0.1) is 13.3 Å². The van der Waals surface area contributed by atoms with Crippen LogP contribution < -0.4 is 10.1 Å². The van der Waals surface area contributed by atoms with E-state index in [1.807, 2.05) is 48.1 Å². The lowest BCUT2D eigenvalue weighted by Gasteiger charge is -2.21. The van der Waals surface area contributed by atoms with Gasteiger partial charge in [0, 0.05) is 24.0 Å². The summed E-state index contributed by atoms with van der Waals surface area (Å²) in [5.41, 5.74) is 1.88. The fourth-order valence-corrected chi connectivity index (χ4v) is 3.56. The molecule has 3 aromatic rings. The molecule has 0 aliphatic carbocycles. The van der Waals surface area contributed by atoms with E-state index in [4.69, 9.17) is 4.74 Å². The highest BCUT2D eigenvalue weighted by Gasteiger charge is 2.23. The summed E-state index contributed by atoms with van der Waals surface area (Å²) in [4.78, 5) is 31.7. The van der Waals surface area contributed by atoms with Crippen molar-refractivity contribution >= 4 is 29.3 Å². The number of carbonyl (C=O) groups excluding carboxylic acids is 2. The van der Waals surface area contributed by atoms with E-state index in [2.05, 4.69) is 10.3 Å². The number of aromatic nitrogens is 2. The molecule has 0 bridgehead atoms. The second kappa shape index (κ2) is 9.98. The smallest absolute Gasteiger partial charge is 0.272 e. The molecule has 0 radical (unpaired) electrons. The standard InChI is InChI=1S/C22H24N4O3S/c1-4-25(15-20(27)24-16-9-8-12-18(13-16)29-2)21(28)19-14-23-22(30-3)26(19)17-10-6-5-7-11-17/h5-14H,4,15H2,1-3H3,(H,24,27). The molecular weight excluding hydrogens is 400 g/mol. The highest BCUT2D eigenvalue weighted by molar-refractivity contribution is 7.98. The maximum Gasteiger partial charge on any atom is 0.272 e. The summed E-state index contributed by atoms with van der Waals surface area (Å²) < 4.78 is 6.99. The summed E-state index contributed by atoms with van der Waals surface area (Å²) in [5, 5.41) is 3.52. The Morgan fingerprint density at radius 2 is 1.93 bits per heavy atom. The molecule has 0 aliphatic heterocycles. The van der Waals surface area contributed by atoms with Gasteiger partial charge < -0.3 is 15.0 Å². The Morgan fingerprint density at radius 1 is 1.17 bits per heavy atom. The van der Waals surface area contributed by atoms with E-state index in [9.17, 15) is 9.59 Å². The van der Waals surface area contributed by atoms with Gasteiger partial charge >= 0.3 is 0 Å². The van der Waals surface area contributed by atoms with Crippen LogP contribution in [0.15, 0.2) is 66.0 Å². The number of carbonyl (C=O) groups is 2. The van der Waals surface area contributed by atoms with Gasteiger partial charge in [-0.15, -0.1) is 0 Å². The van der Waals surface area contributed by atoms with Crippen LogP contribution >= 0.6 is 11.8 Å². The van der Waals surface area contributed by atoms with Crippen LogP contribution in [0.3, 0.4) is 0 Å². The lowest BCUT2D eigenvalue weighted by molar-refractivity contribution is -0.116. The Morgan fingerprint density at radius 3 is 2.60 bits per heavy atom. The third-order valence-electron chi connectivity index (χ3n) is 4.50. The molecule has 7 nitrogen and oxygen atoms in total. The van der Waals surface area contributed by atoms with Crippen molar-refractivity contribution in [3.05, 3.63) is 66.5 Å². The second-order valence-corrected chi connectivity index (χ2v) is 7.17. The molecular formula is C22H24N4O3S. The minimum absolute atomic E-state index is 0.0683. The summed E-state index contributed by atoms with van der Waals surface area (Å²) in [6, 6.07) is 16.7. The summed E-state index contributed by atoms with van der Waals surface area (Å²) in [7, 11) is 1.57. The molecule has 0 fully saturated rings. The third kappa shape index (κ3) is 4.83. The van der Waals surface area contributed by atoms with E-state index in [1.165, 1.54) is 16.7 Å². The number of nitrogens with one attached hydrogen (secondary N) is 1. The number of benzene rings is 2. The Bertz CT molecular complexity index is 1020. The topological polar surface area (TPSA) is 76.5 Å². The molecule has 3 rings (SSSR count). The maximum absolute atomic E-state index is 13.2. The Kier molecular flexibility index (Phi) is 7.13. The predicted octanol–water partition coefficient (Wildman–Crippen LogP) is 3.70. The molecule has 8 heteroatoms. The average Bonchev–Trinajstić information content (AvgIpc) is 3.22. The lowest BCUT2D eigenvalue weighted by Crippen LogP contribution is -2.38. The zero-order chi connectivity index (χ0) is 21.5. The zero-order valence-electron chi connectivity index (χ0n) is 17.2. The van der Waals surface area contributed by atoms with Crippen molar-refractivity contribution in [2.45, 2.75) is 12.1 Å². The van der Waals surface area contributed by atoms with Gasteiger partial charge in [0.1, 0.15) is 18.0 Å². The van der Waals surface area contributed by atoms with Gasteiger partial charge in [0.15, 0.2) is 5.16 Å². The first-order chi connectivity index (χ1) is 14.6. The largest absolute Gasteiger partial charge is 0.497 e. The number of nitrogens with zero attached hydrogens (tertiary/aromatic N) is 3. The number of imidazole rings is 1. The number of thioether (sulfide) groups is 1. The van der Waals surface area contributed by atoms with E-state index in [1.54, 1.807) is 37.6 Å². The molecule has 156 valence electrons. The number of likely N-dealkylation sites (N-methyl/N-ethyl adjacent to an activating group) is 1. The quantitative estimate of drug-likeness (QED) is 0.558. The van der Waals surface area contributed by atoms with Gasteiger partial charge in [-0.3, -0.25) is 14.2 Å². The van der Waals surface area contributed by atoms with Crippen LogP contribution in [-0.2, 0) is 4.79 Å². The molecule has 0 unspecified atom stereocenters. The van der Waals surface area contributed by atoms with Gasteiger partial charge in [0.2, 0.25) is 5.91 Å². The number of hydrogen-bond donors (Lipinski definition) is 1. The van der Waals surface area contributed by atoms with Gasteiger partial charge in [-0.2, -0.15) is 0 Å². The minimum Gasteiger partial charge on any atom is -0.497 e. The first kappa shape index (κ1) is 21.4. The predicted molar refractivity (Wildman–Crippen MR) is 119 cm³/mol. The number of para-hydroxylation sites is 1. The highest BCUT2D eigenvalue weighted by atomic mass is 32.2. The van der Waals surface area contributed by atoms with Crippen molar-refractivity contribution in [1.82, 2.24) is 14.5 Å². The first-order valence-electron chi connectivity index (χ1n) is 9.47. The Labute approximate surface area is 180 Å². The molecule has 1 aromatic heterocycles. The van der Waals surface area contributed by atoms with E-state index >= 15 is 0 Å². The molecule has 0 saturated carbocycles. The molecule has 0 aliphatic rings. The van der Waals surface area contributed by atoms with Crippen LogP contribution in [-0.4, -0.2) is 52.7 Å². The molecule has 0 saturated heterocycles. The number of ether oxygens (including phenoxy) is 1. The number of amides is 2. The monoisotopic (exact) mass is 424 g/mol. The van der Waals surface area contributed by atoms with Gasteiger partial charge in [0.25, 0.3) is 5.91 Å². The van der Waals surface area contributed by atoms with Crippen molar-refractivity contribution in [1.29, 1.82) is 0 Å². The van der Waals surface area contributed by atoms with Crippen LogP contribution in [0.5, 0.6) is 5.75 Å². The molecule has 1 N–H and O–H groups in total. The van der Waals surface area contributed by atoms with Crippen molar-refractivity contribution < 1.29 is 14.3 Å². The molecule has 2 aromatic carbocycles. The maximum atomic E-state index is 13.2. The van der Waals surface area contributed by atoms with Crippen molar-refractivity contribution in [3.63, 3.8) is 0 Å². The molecule has 2 amide bonds. The number of anilines is 1. The normalized spacial score (nSPS) is 10.5. The number of methoxy groups -OCH3 is 1. The second-order valence-electron chi connectivity index (χ2n) is 6.40. The van der Waals surface area contributed by atoms with Crippen LogP contribution in [0.4, 0.5) is 5.69 Å². The van der Waals surface area contributed by atoms with Crippen LogP contribution in [0.25, 0.3) is 5.69 Å². The van der Waals surface area contributed by atoms with Crippen molar-refractivity contribution in [2.24, 2.45) is 0 Å². The minimum atomic E-state index is -0.283. The van der Waals surface area contributed by atoms with E-state index in [0.717, 1.165) is 5.69 Å². The molecule has 0 spiro atoms. The molecule has 30 heavy (non-hydrogen) atoms. The third-order valence-corrected chi connectivity index (χ3v) is 5.16. The summed E-state index contributed by atoms with van der Waals surface area (Å²) in [6.45, 7) is 2.16. The van der Waals surface area contributed by atoms with Crippen LogP contribution in [0.1, 0.15) is 17.4 Å². The summed E-state index contributed by atoms with van der Waals surface area (Å²) >= 11 is 1.46. The van der Waals surface area contributed by atoms with E-state index < -0.39 is 0 Å². The van der Waals surface area contributed by atoms with Gasteiger partial charge in [-0.25, -0.2) is 4.98 Å². The molecule has 1 heterocycles. The average molecular weight is 425 g/mol. The number of rotatable bonds is 8. The highest BCUT2D eigenvalue weighted by Crippen LogP contribution is 2.23. The van der Waals surface area contributed by atoms with Crippen LogP contribution in [0, 0.1) is 0 Å². The summed E-state index contributed by atoms with van der Waals surface area (Å²) in [6.07, 6.45) is 3.47. The van der Waals surface area contributed by atoms with Crippen LogP contribution in [0.2, 0.25) is 0 Å². The van der Waals surface area contributed by atoms with Crippen molar-refractivity contribution in [3.8, 4) is 11.4 Å². The zero-order valence-corrected chi connectivity index (χ0v) is 18.0.